The van der Waals surface area contributed by atoms with Gasteiger partial charge in [-0.05, 0) is 58.0 Å². The third kappa shape index (κ3) is 33.2. The molecule has 2 unspecified atom stereocenters. The van der Waals surface area contributed by atoms with Gasteiger partial charge in [-0.3, -0.25) is 9.59 Å². The van der Waals surface area contributed by atoms with Crippen molar-refractivity contribution < 1.29 is 33.3 Å². The topological polar surface area (TPSA) is 83.5 Å². The summed E-state index contributed by atoms with van der Waals surface area (Å²) in [6.07, 6.45) is 29.5. The van der Waals surface area contributed by atoms with Crippen molar-refractivity contribution in [3.63, 3.8) is 0 Å². The molecule has 0 saturated heterocycles. The Labute approximate surface area is 302 Å². The van der Waals surface area contributed by atoms with Gasteiger partial charge in [-0.2, -0.15) is 0 Å². The maximum atomic E-state index is 12.6. The Hall–Kier alpha value is -1.74. The maximum absolute atomic E-state index is 12.6. The fourth-order valence-corrected chi connectivity index (χ4v) is 5.38. The average Bonchev–Trinajstić information content (AvgIpc) is 3.11. The van der Waals surface area contributed by atoms with E-state index < -0.39 is 6.29 Å². The van der Waals surface area contributed by atoms with Crippen LogP contribution in [0.1, 0.15) is 156 Å². The van der Waals surface area contributed by atoms with E-state index in [-0.39, 0.29) is 37.5 Å². The molecule has 0 rings (SSSR count). The third-order valence-electron chi connectivity index (χ3n) is 8.74. The second-order valence-corrected chi connectivity index (χ2v) is 13.2. The van der Waals surface area contributed by atoms with Crippen molar-refractivity contribution in [1.82, 2.24) is 4.90 Å². The minimum Gasteiger partial charge on any atom is -0.465 e. The second-order valence-electron chi connectivity index (χ2n) is 13.2. The number of ether oxygens (including phenoxy) is 5. The van der Waals surface area contributed by atoms with Crippen LogP contribution in [0.3, 0.4) is 0 Å². The van der Waals surface area contributed by atoms with E-state index in [4.69, 9.17) is 23.7 Å². The number of carbonyl (C=O) groups excluding carboxylic acids is 2. The van der Waals surface area contributed by atoms with Crippen molar-refractivity contribution in [2.45, 2.75) is 162 Å². The molecule has 49 heavy (non-hydrogen) atoms. The molecule has 8 nitrogen and oxygen atoms in total. The summed E-state index contributed by atoms with van der Waals surface area (Å²) in [5.41, 5.74) is 0. The van der Waals surface area contributed by atoms with E-state index in [0.29, 0.717) is 32.7 Å². The highest BCUT2D eigenvalue weighted by atomic mass is 16.7. The van der Waals surface area contributed by atoms with Gasteiger partial charge in [0.2, 0.25) is 0 Å². The number of rotatable bonds is 37. The van der Waals surface area contributed by atoms with Crippen LogP contribution in [0.15, 0.2) is 24.3 Å². The van der Waals surface area contributed by atoms with Crippen molar-refractivity contribution in [3.05, 3.63) is 24.3 Å². The normalized spacial score (nSPS) is 13.1. The van der Waals surface area contributed by atoms with Crippen molar-refractivity contribution in [3.8, 4) is 0 Å². The molecule has 0 aliphatic rings. The number of hydrogen-bond acceptors (Lipinski definition) is 8. The number of nitrogens with zero attached hydrogens (tertiary/aromatic N) is 1. The van der Waals surface area contributed by atoms with E-state index in [1.54, 1.807) is 7.11 Å². The predicted molar refractivity (Wildman–Crippen MR) is 203 cm³/mol. The molecule has 0 amide bonds. The van der Waals surface area contributed by atoms with Crippen LogP contribution in [0, 0.1) is 5.92 Å². The van der Waals surface area contributed by atoms with Gasteiger partial charge in [0, 0.05) is 33.1 Å². The first-order valence-electron chi connectivity index (χ1n) is 20.1. The van der Waals surface area contributed by atoms with E-state index in [2.05, 4.69) is 56.9 Å². The summed E-state index contributed by atoms with van der Waals surface area (Å²) in [6, 6.07) is 0. The zero-order valence-corrected chi connectivity index (χ0v) is 32.6. The van der Waals surface area contributed by atoms with Crippen molar-refractivity contribution >= 4 is 11.9 Å². The second kappa shape index (κ2) is 37.5. The predicted octanol–water partition coefficient (Wildman–Crippen LogP) is 9.99. The fourth-order valence-electron chi connectivity index (χ4n) is 5.38. The summed E-state index contributed by atoms with van der Waals surface area (Å²) >= 11 is 0. The summed E-state index contributed by atoms with van der Waals surface area (Å²) in [5.74, 6) is -0.721. The van der Waals surface area contributed by atoms with Crippen LogP contribution in [0.2, 0.25) is 0 Å². The van der Waals surface area contributed by atoms with Crippen LogP contribution in [0.4, 0.5) is 0 Å². The van der Waals surface area contributed by atoms with Gasteiger partial charge in [-0.15, -0.1) is 0 Å². The van der Waals surface area contributed by atoms with Crippen molar-refractivity contribution in [2.24, 2.45) is 5.92 Å². The molecule has 0 aliphatic heterocycles. The molecule has 0 radical (unpaired) electrons. The Bertz CT molecular complexity index is 784. The third-order valence-corrected chi connectivity index (χ3v) is 8.74. The molecule has 0 fully saturated rings. The number of hydrogen-bond donors (Lipinski definition) is 0. The SMILES string of the molecule is CCCCC/C=C\C/C=C\CCCCCCCC(=O)OCC(COCCN(CC)CC)COC(=O)CCC(OC)OCCCCCCCC. The lowest BCUT2D eigenvalue weighted by Crippen LogP contribution is -2.29. The van der Waals surface area contributed by atoms with Gasteiger partial charge < -0.3 is 28.6 Å². The molecule has 0 saturated carbocycles. The van der Waals surface area contributed by atoms with E-state index in [0.717, 1.165) is 64.6 Å². The molecule has 0 heterocycles. The quantitative estimate of drug-likeness (QED) is 0.0275. The number of carbonyl (C=O) groups is 2. The first-order valence-corrected chi connectivity index (χ1v) is 20.1. The van der Waals surface area contributed by atoms with E-state index in [1.807, 2.05) is 0 Å². The van der Waals surface area contributed by atoms with Gasteiger partial charge in [0.25, 0.3) is 0 Å². The lowest BCUT2D eigenvalue weighted by molar-refractivity contribution is -0.155. The highest BCUT2D eigenvalue weighted by Crippen LogP contribution is 2.12. The molecule has 0 aliphatic carbocycles. The van der Waals surface area contributed by atoms with Crippen LogP contribution in [0.5, 0.6) is 0 Å². The number of likely N-dealkylation sites (N-methyl/N-ethyl adjacent to an activating group) is 1. The smallest absolute Gasteiger partial charge is 0.305 e. The van der Waals surface area contributed by atoms with Gasteiger partial charge in [-0.1, -0.05) is 116 Å². The molecular formula is C41H77NO7. The number of unbranched alkanes of at least 4 members (excludes halogenated alkanes) is 13. The molecule has 288 valence electrons. The van der Waals surface area contributed by atoms with Crippen LogP contribution >= 0.6 is 0 Å². The molecular weight excluding hydrogens is 618 g/mol. The highest BCUT2D eigenvalue weighted by Gasteiger charge is 2.17. The van der Waals surface area contributed by atoms with E-state index in [1.165, 1.54) is 64.2 Å². The minimum atomic E-state index is -0.419. The molecule has 0 aromatic heterocycles. The zero-order chi connectivity index (χ0) is 36.0. The van der Waals surface area contributed by atoms with Crippen molar-refractivity contribution in [2.75, 3.05) is 59.8 Å². The summed E-state index contributed by atoms with van der Waals surface area (Å²) in [4.78, 5) is 27.3. The monoisotopic (exact) mass is 696 g/mol. The Balaban J connectivity index is 4.33. The van der Waals surface area contributed by atoms with Crippen LogP contribution in [0.25, 0.3) is 0 Å². The molecule has 0 aromatic rings. The molecule has 2 atom stereocenters. The summed E-state index contributed by atoms with van der Waals surface area (Å²) in [7, 11) is 1.60. The van der Waals surface area contributed by atoms with Gasteiger partial charge in [0.1, 0.15) is 0 Å². The number of allylic oxidation sites excluding steroid dienone is 4. The Morgan fingerprint density at radius 2 is 1.16 bits per heavy atom. The van der Waals surface area contributed by atoms with E-state index in [9.17, 15) is 9.59 Å². The lowest BCUT2D eigenvalue weighted by atomic mass is 10.1. The maximum Gasteiger partial charge on any atom is 0.305 e. The Kier molecular flexibility index (Phi) is 36.2. The first-order chi connectivity index (χ1) is 24.0. The summed E-state index contributed by atoms with van der Waals surface area (Å²) in [6.45, 7) is 13.4. The summed E-state index contributed by atoms with van der Waals surface area (Å²) < 4.78 is 28.3. The highest BCUT2D eigenvalue weighted by molar-refractivity contribution is 5.69. The van der Waals surface area contributed by atoms with Gasteiger partial charge in [-0.25, -0.2) is 0 Å². The Morgan fingerprint density at radius 1 is 0.612 bits per heavy atom. The van der Waals surface area contributed by atoms with Gasteiger partial charge in [0.15, 0.2) is 6.29 Å². The van der Waals surface area contributed by atoms with Crippen LogP contribution in [-0.4, -0.2) is 82.9 Å². The standard InChI is InChI=1S/C41H77NO7/c1-6-10-12-14-16-17-18-19-20-21-22-23-24-25-27-29-39(43)48-36-38(35-46-34-32-42(8-3)9-4)37-49-40(44)30-31-41(45-5)47-33-28-26-15-13-11-7-2/h16-17,19-20,38,41H,6-15,18,21-37H2,1-5H3/b17-16-,20-19-. The molecule has 8 heteroatoms. The van der Waals surface area contributed by atoms with Crippen LogP contribution < -0.4 is 0 Å². The van der Waals surface area contributed by atoms with Crippen LogP contribution in [-0.2, 0) is 33.3 Å². The average molecular weight is 696 g/mol. The fraction of sp³-hybridized carbons (Fsp3) is 0.854. The Morgan fingerprint density at radius 3 is 1.80 bits per heavy atom. The molecule has 0 aromatic carbocycles. The number of esters is 2. The number of methoxy groups -OCH3 is 1. The van der Waals surface area contributed by atoms with Crippen molar-refractivity contribution in [1.29, 1.82) is 0 Å². The lowest BCUT2D eigenvalue weighted by Gasteiger charge is -2.21. The van der Waals surface area contributed by atoms with Gasteiger partial charge in [0.05, 0.1) is 38.8 Å². The molecule has 0 spiro atoms. The molecule has 0 bridgehead atoms. The molecule has 0 N–H and O–H groups in total. The largest absolute Gasteiger partial charge is 0.465 e. The summed E-state index contributed by atoms with van der Waals surface area (Å²) in [5, 5.41) is 0. The van der Waals surface area contributed by atoms with E-state index >= 15 is 0 Å². The van der Waals surface area contributed by atoms with Gasteiger partial charge >= 0.3 is 11.9 Å². The zero-order valence-electron chi connectivity index (χ0n) is 32.6. The first kappa shape index (κ1) is 47.3. The minimum absolute atomic E-state index is 0.150.